The summed E-state index contributed by atoms with van der Waals surface area (Å²) in [5.74, 6) is 0.707. The molecule has 1 aromatic heterocycles. The van der Waals surface area contributed by atoms with E-state index in [2.05, 4.69) is 83.1 Å². The number of nitrogens with zero attached hydrogens (tertiary/aromatic N) is 1. The molecule has 0 spiro atoms. The van der Waals surface area contributed by atoms with Crippen molar-refractivity contribution in [3.63, 3.8) is 0 Å². The quantitative estimate of drug-likeness (QED) is 0.290. The normalized spacial score (nSPS) is 11.8. The lowest BCUT2D eigenvalue weighted by atomic mass is 9.92. The van der Waals surface area contributed by atoms with Crippen molar-refractivity contribution in [2.75, 3.05) is 0 Å². The lowest BCUT2D eigenvalue weighted by Gasteiger charge is -2.12. The first-order valence-electron chi connectivity index (χ1n) is 9.76. The van der Waals surface area contributed by atoms with E-state index in [1.165, 1.54) is 49.4 Å². The second kappa shape index (κ2) is 5.93. The molecule has 1 heterocycles. The zero-order valence-corrected chi connectivity index (χ0v) is 17.0. The highest BCUT2D eigenvalue weighted by atomic mass is 16.3. The van der Waals surface area contributed by atoms with Gasteiger partial charge in [-0.05, 0) is 84.0 Å². The fraction of sp³-hybridized carbons (Fsp3) is 0.192. The van der Waals surface area contributed by atoms with Crippen LogP contribution in [0, 0.1) is 34.6 Å². The second-order valence-corrected chi connectivity index (χ2v) is 7.79. The molecular formula is C26H23NO. The van der Waals surface area contributed by atoms with E-state index in [9.17, 15) is 0 Å². The van der Waals surface area contributed by atoms with Gasteiger partial charge in [-0.15, -0.1) is 0 Å². The van der Waals surface area contributed by atoms with Gasteiger partial charge in [0.2, 0.25) is 5.89 Å². The van der Waals surface area contributed by atoms with E-state index >= 15 is 0 Å². The van der Waals surface area contributed by atoms with Crippen molar-refractivity contribution >= 4 is 32.6 Å². The number of hydrogen-bond donors (Lipinski definition) is 0. The second-order valence-electron chi connectivity index (χ2n) is 7.79. The number of rotatable bonds is 1. The Morgan fingerprint density at radius 3 is 1.64 bits per heavy atom. The number of oxazole rings is 1. The SMILES string of the molecule is Cc1c(C)c(C)c2oc(-c3c4ccccc4c(C)c4ccccc34)nc2c1C. The molecule has 0 saturated heterocycles. The maximum atomic E-state index is 6.45. The minimum atomic E-state index is 0.707. The van der Waals surface area contributed by atoms with Gasteiger partial charge in [0, 0.05) is 0 Å². The number of aryl methyl sites for hydroxylation is 3. The third kappa shape index (κ3) is 2.18. The third-order valence-corrected chi connectivity index (χ3v) is 6.43. The predicted molar refractivity (Wildman–Crippen MR) is 118 cm³/mol. The van der Waals surface area contributed by atoms with Crippen LogP contribution in [0.15, 0.2) is 52.9 Å². The van der Waals surface area contributed by atoms with E-state index < -0.39 is 0 Å². The predicted octanol–water partition coefficient (Wildman–Crippen LogP) is 7.34. The monoisotopic (exact) mass is 365 g/mol. The Balaban J connectivity index is 1.98. The Labute approximate surface area is 164 Å². The van der Waals surface area contributed by atoms with Crippen LogP contribution in [0.2, 0.25) is 0 Å². The summed E-state index contributed by atoms with van der Waals surface area (Å²) < 4.78 is 6.45. The molecule has 0 unspecified atom stereocenters. The molecule has 28 heavy (non-hydrogen) atoms. The molecule has 0 aliphatic carbocycles. The molecule has 0 bridgehead atoms. The van der Waals surface area contributed by atoms with E-state index in [-0.39, 0.29) is 0 Å². The first-order valence-corrected chi connectivity index (χ1v) is 9.76. The standard InChI is InChI=1S/C26H23NO/c1-14-15(2)17(4)25-24(16(14)3)27-26(28-25)23-21-12-8-6-10-19(21)18(5)20-11-7-9-13-22(20)23/h6-13H,1-5H3. The van der Waals surface area contributed by atoms with E-state index in [1.807, 2.05) is 0 Å². The average molecular weight is 365 g/mol. The fourth-order valence-corrected chi connectivity index (χ4v) is 4.42. The summed E-state index contributed by atoms with van der Waals surface area (Å²) in [6.07, 6.45) is 0. The lowest BCUT2D eigenvalue weighted by molar-refractivity contribution is 0.618. The summed E-state index contributed by atoms with van der Waals surface area (Å²) in [7, 11) is 0. The average Bonchev–Trinajstić information content (AvgIpc) is 3.16. The highest BCUT2D eigenvalue weighted by Crippen LogP contribution is 2.40. The highest BCUT2D eigenvalue weighted by Gasteiger charge is 2.20. The number of benzene rings is 4. The van der Waals surface area contributed by atoms with Gasteiger partial charge in [-0.25, -0.2) is 4.98 Å². The Kier molecular flexibility index (Phi) is 3.60. The third-order valence-electron chi connectivity index (χ3n) is 6.43. The van der Waals surface area contributed by atoms with Crippen LogP contribution in [-0.2, 0) is 0 Å². The summed E-state index contributed by atoms with van der Waals surface area (Å²) in [5, 5.41) is 4.88. The van der Waals surface area contributed by atoms with Crippen molar-refractivity contribution in [3.05, 3.63) is 76.3 Å². The maximum absolute atomic E-state index is 6.45. The molecule has 138 valence electrons. The van der Waals surface area contributed by atoms with Gasteiger partial charge in [0.1, 0.15) is 5.52 Å². The first kappa shape index (κ1) is 17.0. The Bertz CT molecular complexity index is 1300. The molecule has 0 aliphatic rings. The van der Waals surface area contributed by atoms with Crippen LogP contribution < -0.4 is 0 Å². The molecule has 0 radical (unpaired) electrons. The van der Waals surface area contributed by atoms with Crippen LogP contribution >= 0.6 is 0 Å². The van der Waals surface area contributed by atoms with Gasteiger partial charge < -0.3 is 4.42 Å². The van der Waals surface area contributed by atoms with Gasteiger partial charge in [-0.2, -0.15) is 0 Å². The van der Waals surface area contributed by atoms with Gasteiger partial charge >= 0.3 is 0 Å². The summed E-state index contributed by atoms with van der Waals surface area (Å²) in [6, 6.07) is 17.1. The van der Waals surface area contributed by atoms with Crippen LogP contribution in [0.4, 0.5) is 0 Å². The van der Waals surface area contributed by atoms with Crippen molar-refractivity contribution < 1.29 is 4.42 Å². The molecule has 2 nitrogen and oxygen atoms in total. The van der Waals surface area contributed by atoms with E-state index in [0.29, 0.717) is 5.89 Å². The molecule has 5 rings (SSSR count). The van der Waals surface area contributed by atoms with E-state index in [0.717, 1.165) is 16.7 Å². The van der Waals surface area contributed by atoms with Crippen LogP contribution in [0.5, 0.6) is 0 Å². The highest BCUT2D eigenvalue weighted by molar-refractivity contribution is 6.14. The smallest absolute Gasteiger partial charge is 0.228 e. The largest absolute Gasteiger partial charge is 0.436 e. The fourth-order valence-electron chi connectivity index (χ4n) is 4.42. The molecule has 0 amide bonds. The van der Waals surface area contributed by atoms with Crippen molar-refractivity contribution in [2.45, 2.75) is 34.6 Å². The van der Waals surface area contributed by atoms with E-state index in [1.54, 1.807) is 0 Å². The van der Waals surface area contributed by atoms with Crippen molar-refractivity contribution in [1.29, 1.82) is 0 Å². The minimum absolute atomic E-state index is 0.707. The zero-order valence-electron chi connectivity index (χ0n) is 17.0. The molecular weight excluding hydrogens is 342 g/mol. The summed E-state index contributed by atoms with van der Waals surface area (Å²) in [4.78, 5) is 5.01. The zero-order chi connectivity index (χ0) is 19.6. The Morgan fingerprint density at radius 2 is 1.07 bits per heavy atom. The Hall–Kier alpha value is -3.13. The molecule has 0 aliphatic heterocycles. The molecule has 0 atom stereocenters. The van der Waals surface area contributed by atoms with Gasteiger partial charge in [-0.3, -0.25) is 0 Å². The number of hydrogen-bond acceptors (Lipinski definition) is 2. The topological polar surface area (TPSA) is 26.0 Å². The van der Waals surface area contributed by atoms with Crippen LogP contribution in [-0.4, -0.2) is 4.98 Å². The lowest BCUT2D eigenvalue weighted by Crippen LogP contribution is -1.92. The maximum Gasteiger partial charge on any atom is 0.228 e. The number of fused-ring (bicyclic) bond motifs is 3. The molecule has 2 heteroatoms. The minimum Gasteiger partial charge on any atom is -0.436 e. The van der Waals surface area contributed by atoms with Gasteiger partial charge in [-0.1, -0.05) is 48.5 Å². The van der Waals surface area contributed by atoms with Gasteiger partial charge in [0.25, 0.3) is 0 Å². The molecule has 0 fully saturated rings. The van der Waals surface area contributed by atoms with Crippen molar-refractivity contribution in [1.82, 2.24) is 4.98 Å². The first-order chi connectivity index (χ1) is 13.5. The summed E-state index contributed by atoms with van der Waals surface area (Å²) in [6.45, 7) is 10.8. The summed E-state index contributed by atoms with van der Waals surface area (Å²) in [5.41, 5.74) is 9.22. The molecule has 4 aromatic carbocycles. The van der Waals surface area contributed by atoms with Crippen LogP contribution in [0.25, 0.3) is 44.1 Å². The number of aromatic nitrogens is 1. The van der Waals surface area contributed by atoms with Crippen LogP contribution in [0.3, 0.4) is 0 Å². The van der Waals surface area contributed by atoms with Crippen molar-refractivity contribution in [3.8, 4) is 11.5 Å². The van der Waals surface area contributed by atoms with Gasteiger partial charge in [0.05, 0.1) is 5.56 Å². The molecule has 0 N–H and O–H groups in total. The van der Waals surface area contributed by atoms with Crippen LogP contribution in [0.1, 0.15) is 27.8 Å². The molecule has 5 aromatic rings. The van der Waals surface area contributed by atoms with Gasteiger partial charge in [0.15, 0.2) is 5.58 Å². The Morgan fingerprint density at radius 1 is 0.571 bits per heavy atom. The van der Waals surface area contributed by atoms with E-state index in [4.69, 9.17) is 9.40 Å². The summed E-state index contributed by atoms with van der Waals surface area (Å²) >= 11 is 0. The molecule has 0 saturated carbocycles. The van der Waals surface area contributed by atoms with Crippen molar-refractivity contribution in [2.24, 2.45) is 0 Å².